The molecule has 2 heterocycles. The molecule has 0 bridgehead atoms. The molecule has 0 aliphatic carbocycles. The van der Waals surface area contributed by atoms with Gasteiger partial charge in [-0.3, -0.25) is 14.5 Å². The van der Waals surface area contributed by atoms with E-state index < -0.39 is 23.5 Å². The van der Waals surface area contributed by atoms with Crippen LogP contribution in [-0.4, -0.2) is 58.3 Å². The lowest BCUT2D eigenvalue weighted by atomic mass is 9.83. The molecule has 2 rings (SSSR count). The number of hydrogen-bond acceptors (Lipinski definition) is 4. The van der Waals surface area contributed by atoms with Crippen LogP contribution < -0.4 is 5.32 Å². The summed E-state index contributed by atoms with van der Waals surface area (Å²) in [4.78, 5) is 24.7. The van der Waals surface area contributed by atoms with Crippen LogP contribution in [-0.2, 0) is 9.59 Å². The van der Waals surface area contributed by atoms with Gasteiger partial charge in [0, 0.05) is 6.54 Å². The number of rotatable bonds is 3. The lowest BCUT2D eigenvalue weighted by molar-refractivity contribution is -0.163. The zero-order valence-electron chi connectivity index (χ0n) is 10.4. The first-order chi connectivity index (χ1) is 8.58. The van der Waals surface area contributed by atoms with Crippen LogP contribution in [0.25, 0.3) is 0 Å². The number of aliphatic carboxylic acids is 2. The minimum atomic E-state index is -0.991. The summed E-state index contributed by atoms with van der Waals surface area (Å²) >= 11 is 0. The van der Waals surface area contributed by atoms with Crippen molar-refractivity contribution in [3.05, 3.63) is 0 Å². The maximum atomic E-state index is 11.7. The number of likely N-dealkylation sites (tertiary alicyclic amines) is 1. The van der Waals surface area contributed by atoms with E-state index >= 15 is 0 Å². The normalized spacial score (nSPS) is 28.8. The van der Waals surface area contributed by atoms with Crippen LogP contribution in [0.5, 0.6) is 0 Å². The predicted molar refractivity (Wildman–Crippen MR) is 64.5 cm³/mol. The minimum absolute atomic E-state index is 0.478. The molecule has 2 aliphatic rings. The number of nitrogens with zero attached hydrogens (tertiary/aromatic N) is 1. The van der Waals surface area contributed by atoms with E-state index in [1.807, 2.05) is 0 Å². The highest BCUT2D eigenvalue weighted by atomic mass is 16.4. The van der Waals surface area contributed by atoms with E-state index in [1.165, 1.54) is 0 Å². The first-order valence-corrected chi connectivity index (χ1v) is 6.51. The van der Waals surface area contributed by atoms with Gasteiger partial charge in [0.1, 0.15) is 11.6 Å². The maximum Gasteiger partial charge on any atom is 0.324 e. The molecule has 1 unspecified atom stereocenters. The van der Waals surface area contributed by atoms with Crippen molar-refractivity contribution in [1.82, 2.24) is 10.2 Å². The van der Waals surface area contributed by atoms with E-state index in [2.05, 4.69) is 5.32 Å². The highest BCUT2D eigenvalue weighted by molar-refractivity contribution is 5.81. The van der Waals surface area contributed by atoms with Gasteiger partial charge in [-0.1, -0.05) is 6.42 Å². The zero-order chi connectivity index (χ0) is 13.2. The molecule has 3 N–H and O–H groups in total. The Balaban J connectivity index is 2.27. The Hall–Kier alpha value is -1.14. The molecule has 0 aromatic rings. The number of nitrogens with one attached hydrogen (secondary N) is 1. The van der Waals surface area contributed by atoms with Gasteiger partial charge in [0.05, 0.1) is 0 Å². The molecule has 2 aliphatic heterocycles. The van der Waals surface area contributed by atoms with Gasteiger partial charge in [-0.15, -0.1) is 0 Å². The van der Waals surface area contributed by atoms with Crippen LogP contribution in [0.2, 0.25) is 0 Å². The lowest BCUT2D eigenvalue weighted by Crippen LogP contribution is -2.65. The van der Waals surface area contributed by atoms with Crippen molar-refractivity contribution in [3.8, 4) is 0 Å². The number of piperidine rings is 2. The zero-order valence-corrected chi connectivity index (χ0v) is 10.4. The van der Waals surface area contributed by atoms with E-state index in [-0.39, 0.29) is 0 Å². The van der Waals surface area contributed by atoms with Crippen molar-refractivity contribution in [2.24, 2.45) is 0 Å². The summed E-state index contributed by atoms with van der Waals surface area (Å²) in [5.74, 6) is -1.77. The molecule has 18 heavy (non-hydrogen) atoms. The number of hydrogen-bond donors (Lipinski definition) is 3. The molecule has 102 valence electrons. The molecule has 2 saturated heterocycles. The fourth-order valence-electron chi connectivity index (χ4n) is 3.16. The van der Waals surface area contributed by atoms with Gasteiger partial charge < -0.3 is 15.5 Å². The summed E-state index contributed by atoms with van der Waals surface area (Å²) in [7, 11) is 0. The van der Waals surface area contributed by atoms with Crippen LogP contribution in [0.15, 0.2) is 0 Å². The Labute approximate surface area is 106 Å². The molecule has 0 aromatic carbocycles. The third kappa shape index (κ3) is 2.22. The highest BCUT2D eigenvalue weighted by Gasteiger charge is 2.49. The third-order valence-electron chi connectivity index (χ3n) is 4.17. The number of carbonyl (C=O) groups is 2. The van der Waals surface area contributed by atoms with E-state index in [0.717, 1.165) is 12.8 Å². The van der Waals surface area contributed by atoms with Crippen molar-refractivity contribution in [3.63, 3.8) is 0 Å². The van der Waals surface area contributed by atoms with E-state index in [9.17, 15) is 19.8 Å². The Morgan fingerprint density at radius 1 is 1.17 bits per heavy atom. The number of carboxylic acid groups (broad SMARTS) is 2. The fourth-order valence-corrected chi connectivity index (χ4v) is 3.16. The van der Waals surface area contributed by atoms with Crippen LogP contribution in [0, 0.1) is 0 Å². The molecule has 1 atom stereocenters. The molecular weight excluding hydrogens is 236 g/mol. The largest absolute Gasteiger partial charge is 0.480 e. The van der Waals surface area contributed by atoms with Crippen molar-refractivity contribution in [1.29, 1.82) is 0 Å². The molecule has 0 aromatic heterocycles. The molecule has 6 nitrogen and oxygen atoms in total. The summed E-state index contributed by atoms with van der Waals surface area (Å²) in [5.41, 5.74) is -0.991. The summed E-state index contributed by atoms with van der Waals surface area (Å²) in [5, 5.41) is 22.0. The van der Waals surface area contributed by atoms with Gasteiger partial charge in [-0.05, 0) is 38.8 Å². The Kier molecular flexibility index (Phi) is 3.87. The van der Waals surface area contributed by atoms with Gasteiger partial charge in [0.2, 0.25) is 0 Å². The summed E-state index contributed by atoms with van der Waals surface area (Å²) < 4.78 is 0. The second kappa shape index (κ2) is 5.24. The van der Waals surface area contributed by atoms with E-state index in [4.69, 9.17) is 0 Å². The minimum Gasteiger partial charge on any atom is -0.480 e. The molecule has 0 saturated carbocycles. The van der Waals surface area contributed by atoms with Crippen LogP contribution in [0.4, 0.5) is 0 Å². The molecule has 0 radical (unpaired) electrons. The molecule has 0 amide bonds. The second-order valence-electron chi connectivity index (χ2n) is 5.13. The van der Waals surface area contributed by atoms with Crippen molar-refractivity contribution in [2.45, 2.75) is 43.7 Å². The average molecular weight is 256 g/mol. The molecule has 0 spiro atoms. The van der Waals surface area contributed by atoms with E-state index in [1.54, 1.807) is 4.90 Å². The summed E-state index contributed by atoms with van der Waals surface area (Å²) in [6.45, 7) is 1.84. The monoisotopic (exact) mass is 256 g/mol. The van der Waals surface area contributed by atoms with Gasteiger partial charge >= 0.3 is 11.9 Å². The topological polar surface area (TPSA) is 89.9 Å². The third-order valence-corrected chi connectivity index (χ3v) is 4.17. The SMILES string of the molecule is O=C(O)C1CCCCN1C1(C(=O)O)CCNCC1. The standard InChI is InChI=1S/C12H20N2O4/c15-10(16)9-3-1-2-8-14(9)12(11(17)18)4-6-13-7-5-12/h9,13H,1-8H2,(H,15,16)(H,17,18). The van der Waals surface area contributed by atoms with Gasteiger partial charge in [-0.25, -0.2) is 0 Å². The summed E-state index contributed by atoms with van der Waals surface area (Å²) in [6, 6.07) is -0.645. The van der Waals surface area contributed by atoms with Crippen LogP contribution >= 0.6 is 0 Å². The van der Waals surface area contributed by atoms with Crippen LogP contribution in [0.3, 0.4) is 0 Å². The Morgan fingerprint density at radius 3 is 2.39 bits per heavy atom. The quantitative estimate of drug-likeness (QED) is 0.665. The second-order valence-corrected chi connectivity index (χ2v) is 5.13. The van der Waals surface area contributed by atoms with Crippen molar-refractivity contribution in [2.75, 3.05) is 19.6 Å². The van der Waals surface area contributed by atoms with Crippen molar-refractivity contribution >= 4 is 11.9 Å². The first kappa shape index (κ1) is 13.3. The van der Waals surface area contributed by atoms with Gasteiger partial charge in [0.15, 0.2) is 0 Å². The Morgan fingerprint density at radius 2 is 1.83 bits per heavy atom. The Bertz CT molecular complexity index is 339. The molecule has 2 fully saturated rings. The van der Waals surface area contributed by atoms with Crippen molar-refractivity contribution < 1.29 is 19.8 Å². The van der Waals surface area contributed by atoms with Gasteiger partial charge in [0.25, 0.3) is 0 Å². The molecular formula is C12H20N2O4. The highest BCUT2D eigenvalue weighted by Crippen LogP contribution is 2.33. The molecule has 6 heteroatoms. The maximum absolute atomic E-state index is 11.7. The van der Waals surface area contributed by atoms with E-state index in [0.29, 0.717) is 38.9 Å². The summed E-state index contributed by atoms with van der Waals surface area (Å²) in [6.07, 6.45) is 3.25. The predicted octanol–water partition coefficient (Wildman–Crippen LogP) is 0.132. The van der Waals surface area contributed by atoms with Gasteiger partial charge in [-0.2, -0.15) is 0 Å². The average Bonchev–Trinajstić information content (AvgIpc) is 2.39. The van der Waals surface area contributed by atoms with Crippen LogP contribution in [0.1, 0.15) is 32.1 Å². The lowest BCUT2D eigenvalue weighted by Gasteiger charge is -2.47. The fraction of sp³-hybridized carbons (Fsp3) is 0.833. The first-order valence-electron chi connectivity index (χ1n) is 6.51. The smallest absolute Gasteiger partial charge is 0.324 e. The number of carboxylic acids is 2.